The van der Waals surface area contributed by atoms with E-state index in [4.69, 9.17) is 0 Å². The Labute approximate surface area is 182 Å². The maximum atomic E-state index is 4.16. The minimum absolute atomic E-state index is 0.237. The summed E-state index contributed by atoms with van der Waals surface area (Å²) in [5, 5.41) is 0. The molecule has 1 aliphatic carbocycles. The molecule has 0 aromatic rings. The van der Waals surface area contributed by atoms with Crippen molar-refractivity contribution in [1.29, 1.82) is 0 Å². The highest BCUT2D eigenvalue weighted by Gasteiger charge is 2.58. The highest BCUT2D eigenvalue weighted by atomic mass is 29.3. The Bertz CT molecular complexity index is 494. The fraction of sp³-hybridized carbons (Fsp3) is 1.00. The topological polar surface area (TPSA) is 24.1 Å². The van der Waals surface area contributed by atoms with E-state index in [9.17, 15) is 0 Å². The fourth-order valence-electron chi connectivity index (χ4n) is 6.33. The van der Waals surface area contributed by atoms with Crippen LogP contribution in [0.4, 0.5) is 0 Å². The SMILES string of the molecule is CC1C([Si](C)(C)[Si](C)(C)NC(C)(C)C)CCC1[Si](C)(C)[Si](C)(C)NC(C)(C)C. The van der Waals surface area contributed by atoms with Crippen LogP contribution in [0.5, 0.6) is 0 Å². The third kappa shape index (κ3) is 5.72. The summed E-state index contributed by atoms with van der Waals surface area (Å²) in [6, 6.07) is 0. The molecule has 2 atom stereocenters. The molecule has 0 aromatic carbocycles. The van der Waals surface area contributed by atoms with Crippen molar-refractivity contribution in [3.05, 3.63) is 0 Å². The van der Waals surface area contributed by atoms with Crippen molar-refractivity contribution < 1.29 is 0 Å². The van der Waals surface area contributed by atoms with Crippen LogP contribution in [0.25, 0.3) is 0 Å². The lowest BCUT2D eigenvalue weighted by Crippen LogP contribution is -2.72. The van der Waals surface area contributed by atoms with Gasteiger partial charge in [0.15, 0.2) is 0 Å². The van der Waals surface area contributed by atoms with Crippen LogP contribution >= 0.6 is 0 Å². The van der Waals surface area contributed by atoms with Crippen LogP contribution in [-0.2, 0) is 0 Å². The minimum Gasteiger partial charge on any atom is -0.335 e. The monoisotopic (exact) mass is 458 g/mol. The van der Waals surface area contributed by atoms with Crippen LogP contribution in [-0.4, -0.2) is 41.8 Å². The second-order valence-electron chi connectivity index (χ2n) is 14.1. The Hall–Kier alpha value is 0.788. The van der Waals surface area contributed by atoms with Crippen LogP contribution in [0.15, 0.2) is 0 Å². The lowest BCUT2D eigenvalue weighted by Gasteiger charge is -2.51. The first-order chi connectivity index (χ1) is 12.1. The lowest BCUT2D eigenvalue weighted by atomic mass is 10.1. The second-order valence-corrected chi connectivity index (χ2v) is 44.7. The third-order valence-corrected chi connectivity index (χ3v) is 45.3. The first-order valence-electron chi connectivity index (χ1n) is 11.6. The molecule has 1 rings (SSSR count). The first kappa shape index (κ1) is 26.8. The molecule has 1 aliphatic rings. The van der Waals surface area contributed by atoms with Gasteiger partial charge in [-0.3, -0.25) is 0 Å². The largest absolute Gasteiger partial charge is 0.335 e. The molecular formula is C22H54N2Si4. The lowest BCUT2D eigenvalue weighted by molar-refractivity contribution is 0.513. The Kier molecular flexibility index (Phi) is 7.71. The molecule has 2 unspecified atom stereocenters. The zero-order valence-electron chi connectivity index (χ0n) is 22.1. The zero-order chi connectivity index (χ0) is 22.6. The summed E-state index contributed by atoms with van der Waals surface area (Å²) in [4.78, 5) is 8.31. The molecule has 0 spiro atoms. The standard InChI is InChI=1S/C22H54N2Si4/c1-18-19(25(8,9)27(12,13)23-21(2,3)4)16-17-20(18)26(10,11)28(14,15)24-22(5,6)7/h18-20,23-24H,16-17H2,1-15H3. The van der Waals surface area contributed by atoms with Gasteiger partial charge in [0.2, 0.25) is 0 Å². The van der Waals surface area contributed by atoms with E-state index in [1.807, 2.05) is 0 Å². The summed E-state index contributed by atoms with van der Waals surface area (Å²) in [6.45, 7) is 38.2. The highest BCUT2D eigenvalue weighted by Crippen LogP contribution is 2.56. The van der Waals surface area contributed by atoms with Crippen LogP contribution in [0.2, 0.25) is 63.5 Å². The van der Waals surface area contributed by atoms with Gasteiger partial charge in [-0.1, -0.05) is 72.1 Å². The third-order valence-electron chi connectivity index (χ3n) is 8.51. The normalized spacial score (nSPS) is 26.0. The van der Waals surface area contributed by atoms with Crippen molar-refractivity contribution in [2.24, 2.45) is 5.92 Å². The van der Waals surface area contributed by atoms with E-state index >= 15 is 0 Å². The molecule has 0 amide bonds. The van der Waals surface area contributed by atoms with Gasteiger partial charge in [0.1, 0.15) is 15.5 Å². The maximum absolute atomic E-state index is 4.16. The van der Waals surface area contributed by atoms with Crippen LogP contribution in [0.3, 0.4) is 0 Å². The average Bonchev–Trinajstić information content (AvgIpc) is 2.75. The second kappa shape index (κ2) is 8.04. The molecule has 0 aliphatic heterocycles. The quantitative estimate of drug-likeness (QED) is 0.422. The predicted octanol–water partition coefficient (Wildman–Crippen LogP) is 6.92. The van der Waals surface area contributed by atoms with Crippen LogP contribution < -0.4 is 9.96 Å². The summed E-state index contributed by atoms with van der Waals surface area (Å²) < 4.78 is 0. The molecule has 1 saturated carbocycles. The van der Waals surface area contributed by atoms with Crippen molar-refractivity contribution in [3.63, 3.8) is 0 Å². The minimum atomic E-state index is -1.45. The van der Waals surface area contributed by atoms with Crippen molar-refractivity contribution in [1.82, 2.24) is 9.96 Å². The Morgan fingerprint density at radius 3 is 1.04 bits per heavy atom. The Balaban J connectivity index is 3.13. The summed E-state index contributed by atoms with van der Waals surface area (Å²) in [5.41, 5.74) is 2.45. The molecule has 0 radical (unpaired) electrons. The van der Waals surface area contributed by atoms with Gasteiger partial charge in [0, 0.05) is 11.1 Å². The number of hydrogen-bond donors (Lipinski definition) is 2. The summed E-state index contributed by atoms with van der Waals surface area (Å²) in [7, 11) is -5.60. The van der Waals surface area contributed by atoms with Crippen molar-refractivity contribution in [2.75, 3.05) is 0 Å². The van der Waals surface area contributed by atoms with E-state index in [1.165, 1.54) is 12.8 Å². The van der Waals surface area contributed by atoms with E-state index < -0.39 is 30.7 Å². The molecule has 28 heavy (non-hydrogen) atoms. The van der Waals surface area contributed by atoms with Gasteiger partial charge in [-0.05, 0) is 58.5 Å². The van der Waals surface area contributed by atoms with Crippen molar-refractivity contribution >= 4 is 30.7 Å². The van der Waals surface area contributed by atoms with Crippen LogP contribution in [0, 0.1) is 5.92 Å². The smallest absolute Gasteiger partial charge is 0.109 e. The first-order valence-corrected chi connectivity index (χ1v) is 25.8. The summed E-state index contributed by atoms with van der Waals surface area (Å²) in [5.74, 6) is 0.908. The van der Waals surface area contributed by atoms with Gasteiger partial charge in [0.25, 0.3) is 0 Å². The van der Waals surface area contributed by atoms with Gasteiger partial charge < -0.3 is 9.96 Å². The molecule has 0 aromatic heterocycles. The summed E-state index contributed by atoms with van der Waals surface area (Å²) >= 11 is 0. The molecule has 0 heterocycles. The molecule has 2 nitrogen and oxygen atoms in total. The van der Waals surface area contributed by atoms with Gasteiger partial charge in [-0.2, -0.15) is 0 Å². The van der Waals surface area contributed by atoms with Gasteiger partial charge >= 0.3 is 0 Å². The average molecular weight is 459 g/mol. The van der Waals surface area contributed by atoms with E-state index in [-0.39, 0.29) is 11.1 Å². The number of nitrogens with one attached hydrogen (secondary N) is 2. The predicted molar refractivity (Wildman–Crippen MR) is 142 cm³/mol. The molecular weight excluding hydrogens is 405 g/mol. The number of hydrogen-bond acceptors (Lipinski definition) is 2. The van der Waals surface area contributed by atoms with E-state index in [0.717, 1.165) is 17.0 Å². The van der Waals surface area contributed by atoms with Crippen molar-refractivity contribution in [3.8, 4) is 0 Å². The highest BCUT2D eigenvalue weighted by molar-refractivity contribution is 7.41. The zero-order valence-corrected chi connectivity index (χ0v) is 26.1. The Morgan fingerprint density at radius 1 is 0.571 bits per heavy atom. The van der Waals surface area contributed by atoms with E-state index in [1.54, 1.807) is 0 Å². The molecule has 0 saturated heterocycles. The van der Waals surface area contributed by atoms with Gasteiger partial charge in [-0.25, -0.2) is 0 Å². The fourth-order valence-corrected chi connectivity index (χ4v) is 29.8. The molecule has 6 heteroatoms. The van der Waals surface area contributed by atoms with Crippen LogP contribution in [0.1, 0.15) is 61.3 Å². The maximum Gasteiger partial charge on any atom is 0.109 e. The molecule has 168 valence electrons. The molecule has 2 N–H and O–H groups in total. The number of rotatable bonds is 6. The van der Waals surface area contributed by atoms with Gasteiger partial charge in [0.05, 0.1) is 15.2 Å². The van der Waals surface area contributed by atoms with Gasteiger partial charge in [-0.15, -0.1) is 0 Å². The van der Waals surface area contributed by atoms with E-state index in [2.05, 4.69) is 111 Å². The summed E-state index contributed by atoms with van der Waals surface area (Å²) in [6.07, 6.45) is 2.98. The Morgan fingerprint density at radius 2 is 0.821 bits per heavy atom. The van der Waals surface area contributed by atoms with E-state index in [0.29, 0.717) is 0 Å². The van der Waals surface area contributed by atoms with Crippen molar-refractivity contribution in [2.45, 2.75) is 136 Å². The molecule has 1 fully saturated rings. The molecule has 0 bridgehead atoms.